The SMILES string of the molecule is CCC1CCCCC1N(C)CC(C)/C(N)=N/O. The highest BCUT2D eigenvalue weighted by atomic mass is 16.4. The Balaban J connectivity index is 2.52. The third-order valence-corrected chi connectivity index (χ3v) is 4.14. The Hall–Kier alpha value is -0.770. The van der Waals surface area contributed by atoms with E-state index in [0.29, 0.717) is 11.9 Å². The predicted molar refractivity (Wildman–Crippen MR) is 71.2 cm³/mol. The maximum atomic E-state index is 8.67. The van der Waals surface area contributed by atoms with E-state index in [2.05, 4.69) is 24.0 Å². The van der Waals surface area contributed by atoms with Crippen molar-refractivity contribution in [2.24, 2.45) is 22.7 Å². The molecule has 0 saturated heterocycles. The van der Waals surface area contributed by atoms with Gasteiger partial charge >= 0.3 is 0 Å². The van der Waals surface area contributed by atoms with Crippen molar-refractivity contribution >= 4 is 5.84 Å². The van der Waals surface area contributed by atoms with E-state index in [4.69, 9.17) is 10.9 Å². The summed E-state index contributed by atoms with van der Waals surface area (Å²) in [5.41, 5.74) is 5.63. The molecule has 0 aliphatic heterocycles. The summed E-state index contributed by atoms with van der Waals surface area (Å²) in [4.78, 5) is 2.40. The van der Waals surface area contributed by atoms with Crippen molar-refractivity contribution in [1.29, 1.82) is 0 Å². The van der Waals surface area contributed by atoms with E-state index in [1.165, 1.54) is 32.1 Å². The molecule has 1 rings (SSSR count). The molecular weight excluding hydrogens is 214 g/mol. The molecule has 0 heterocycles. The summed E-state index contributed by atoms with van der Waals surface area (Å²) in [5, 5.41) is 11.8. The minimum atomic E-state index is 0.115. The summed E-state index contributed by atoms with van der Waals surface area (Å²) in [6.45, 7) is 5.16. The second-order valence-electron chi connectivity index (χ2n) is 5.39. The summed E-state index contributed by atoms with van der Waals surface area (Å²) < 4.78 is 0. The minimum Gasteiger partial charge on any atom is -0.409 e. The average molecular weight is 241 g/mol. The zero-order chi connectivity index (χ0) is 12.8. The third-order valence-electron chi connectivity index (χ3n) is 4.14. The molecule has 100 valence electrons. The zero-order valence-electron chi connectivity index (χ0n) is 11.4. The number of amidine groups is 1. The molecule has 1 aliphatic rings. The fourth-order valence-corrected chi connectivity index (χ4v) is 3.00. The largest absolute Gasteiger partial charge is 0.409 e. The van der Waals surface area contributed by atoms with Gasteiger partial charge in [-0.25, -0.2) is 0 Å². The monoisotopic (exact) mass is 241 g/mol. The second-order valence-corrected chi connectivity index (χ2v) is 5.39. The molecule has 4 heteroatoms. The smallest absolute Gasteiger partial charge is 0.143 e. The first-order chi connectivity index (χ1) is 8.10. The van der Waals surface area contributed by atoms with Gasteiger partial charge in [0, 0.05) is 18.5 Å². The van der Waals surface area contributed by atoms with Gasteiger partial charge in [-0.05, 0) is 25.8 Å². The molecule has 0 aromatic carbocycles. The zero-order valence-corrected chi connectivity index (χ0v) is 11.4. The fraction of sp³-hybridized carbons (Fsp3) is 0.923. The first-order valence-corrected chi connectivity index (χ1v) is 6.77. The fourth-order valence-electron chi connectivity index (χ4n) is 3.00. The molecule has 0 bridgehead atoms. The molecule has 3 N–H and O–H groups in total. The maximum Gasteiger partial charge on any atom is 0.143 e. The quantitative estimate of drug-likeness (QED) is 0.336. The Morgan fingerprint density at radius 1 is 1.47 bits per heavy atom. The second kappa shape index (κ2) is 6.84. The van der Waals surface area contributed by atoms with Crippen molar-refractivity contribution < 1.29 is 5.21 Å². The maximum absolute atomic E-state index is 8.67. The van der Waals surface area contributed by atoms with Crippen LogP contribution in [0.15, 0.2) is 5.16 Å². The van der Waals surface area contributed by atoms with Crippen LogP contribution in [0, 0.1) is 11.8 Å². The minimum absolute atomic E-state index is 0.115. The van der Waals surface area contributed by atoms with Crippen molar-refractivity contribution in [2.75, 3.05) is 13.6 Å². The molecule has 0 amide bonds. The van der Waals surface area contributed by atoms with Gasteiger partial charge in [-0.2, -0.15) is 0 Å². The lowest BCUT2D eigenvalue weighted by molar-refractivity contribution is 0.120. The van der Waals surface area contributed by atoms with Gasteiger partial charge in [-0.15, -0.1) is 0 Å². The standard InChI is InChI=1S/C13H27N3O/c1-4-11-7-5-6-8-12(11)16(3)9-10(2)13(14)15-17/h10-12,17H,4-9H2,1-3H3,(H2,14,15). The highest BCUT2D eigenvalue weighted by Crippen LogP contribution is 2.30. The molecule has 3 atom stereocenters. The van der Waals surface area contributed by atoms with Crippen LogP contribution in [0.4, 0.5) is 0 Å². The van der Waals surface area contributed by atoms with E-state index < -0.39 is 0 Å². The van der Waals surface area contributed by atoms with Crippen LogP contribution in [0.2, 0.25) is 0 Å². The third kappa shape index (κ3) is 3.87. The van der Waals surface area contributed by atoms with Crippen LogP contribution in [-0.4, -0.2) is 35.6 Å². The van der Waals surface area contributed by atoms with Crippen molar-refractivity contribution in [1.82, 2.24) is 4.90 Å². The van der Waals surface area contributed by atoms with Gasteiger partial charge in [0.2, 0.25) is 0 Å². The van der Waals surface area contributed by atoms with Crippen LogP contribution >= 0.6 is 0 Å². The van der Waals surface area contributed by atoms with Gasteiger partial charge in [0.1, 0.15) is 5.84 Å². The van der Waals surface area contributed by atoms with Crippen LogP contribution < -0.4 is 5.73 Å². The molecule has 1 saturated carbocycles. The van der Waals surface area contributed by atoms with Crippen molar-refractivity contribution in [3.63, 3.8) is 0 Å². The van der Waals surface area contributed by atoms with E-state index in [0.717, 1.165) is 12.5 Å². The highest BCUT2D eigenvalue weighted by Gasteiger charge is 2.27. The Bertz CT molecular complexity index is 255. The molecular formula is C13H27N3O. The van der Waals surface area contributed by atoms with Crippen molar-refractivity contribution in [3.05, 3.63) is 0 Å². The van der Waals surface area contributed by atoms with Crippen molar-refractivity contribution in [3.8, 4) is 0 Å². The molecule has 0 aromatic rings. The number of nitrogens with two attached hydrogens (primary N) is 1. The van der Waals surface area contributed by atoms with Crippen LogP contribution in [0.25, 0.3) is 0 Å². The van der Waals surface area contributed by atoms with E-state index in [1.807, 2.05) is 6.92 Å². The lowest BCUT2D eigenvalue weighted by Crippen LogP contribution is -2.43. The van der Waals surface area contributed by atoms with Crippen LogP contribution in [0.3, 0.4) is 0 Å². The van der Waals surface area contributed by atoms with Crippen LogP contribution in [0.1, 0.15) is 46.0 Å². The molecule has 1 aliphatic carbocycles. The lowest BCUT2D eigenvalue weighted by atomic mass is 9.82. The Morgan fingerprint density at radius 2 is 2.12 bits per heavy atom. The number of hydrogen-bond acceptors (Lipinski definition) is 3. The van der Waals surface area contributed by atoms with Gasteiger partial charge in [0.05, 0.1) is 0 Å². The van der Waals surface area contributed by atoms with Gasteiger partial charge in [0.25, 0.3) is 0 Å². The molecule has 17 heavy (non-hydrogen) atoms. The molecule has 0 radical (unpaired) electrons. The molecule has 0 aromatic heterocycles. The number of oxime groups is 1. The Kier molecular flexibility index (Phi) is 5.75. The predicted octanol–water partition coefficient (Wildman–Crippen LogP) is 2.27. The summed E-state index contributed by atoms with van der Waals surface area (Å²) >= 11 is 0. The van der Waals surface area contributed by atoms with E-state index in [1.54, 1.807) is 0 Å². The molecule has 1 fully saturated rings. The molecule has 3 unspecified atom stereocenters. The summed E-state index contributed by atoms with van der Waals surface area (Å²) in [5.74, 6) is 1.26. The number of rotatable bonds is 5. The summed E-state index contributed by atoms with van der Waals surface area (Å²) in [6, 6.07) is 0.669. The topological polar surface area (TPSA) is 61.8 Å². The summed E-state index contributed by atoms with van der Waals surface area (Å²) in [7, 11) is 2.17. The van der Waals surface area contributed by atoms with Crippen LogP contribution in [0.5, 0.6) is 0 Å². The Labute approximate surface area is 105 Å². The van der Waals surface area contributed by atoms with Gasteiger partial charge in [-0.1, -0.05) is 38.3 Å². The van der Waals surface area contributed by atoms with Gasteiger partial charge in [0.15, 0.2) is 0 Å². The van der Waals surface area contributed by atoms with E-state index in [-0.39, 0.29) is 5.92 Å². The first kappa shape index (κ1) is 14.3. The number of nitrogens with zero attached hydrogens (tertiary/aromatic N) is 2. The van der Waals surface area contributed by atoms with Gasteiger partial charge < -0.3 is 15.8 Å². The summed E-state index contributed by atoms with van der Waals surface area (Å²) in [6.07, 6.45) is 6.61. The van der Waals surface area contributed by atoms with Crippen LogP contribution in [-0.2, 0) is 0 Å². The molecule has 0 spiro atoms. The average Bonchev–Trinajstić information content (AvgIpc) is 2.37. The first-order valence-electron chi connectivity index (χ1n) is 6.77. The number of hydrogen-bond donors (Lipinski definition) is 2. The van der Waals surface area contributed by atoms with E-state index >= 15 is 0 Å². The lowest BCUT2D eigenvalue weighted by Gasteiger charge is -2.38. The molecule has 4 nitrogen and oxygen atoms in total. The Morgan fingerprint density at radius 3 is 2.71 bits per heavy atom. The van der Waals surface area contributed by atoms with Crippen molar-refractivity contribution in [2.45, 2.75) is 52.0 Å². The normalized spacial score (nSPS) is 28.4. The van der Waals surface area contributed by atoms with E-state index in [9.17, 15) is 0 Å². The van der Waals surface area contributed by atoms with Gasteiger partial charge in [-0.3, -0.25) is 0 Å². The highest BCUT2D eigenvalue weighted by molar-refractivity contribution is 5.82.